The van der Waals surface area contributed by atoms with Gasteiger partial charge in [-0.2, -0.15) is 13.2 Å². The highest BCUT2D eigenvalue weighted by atomic mass is 79.9. The minimum atomic E-state index is -4.61. The number of nitrogens with zero attached hydrogens (tertiary/aromatic N) is 2. The Hall–Kier alpha value is -1.57. The van der Waals surface area contributed by atoms with Crippen molar-refractivity contribution in [1.82, 2.24) is 9.97 Å². The van der Waals surface area contributed by atoms with Gasteiger partial charge in [-0.3, -0.25) is 0 Å². The molecule has 18 heavy (non-hydrogen) atoms. The van der Waals surface area contributed by atoms with Crippen molar-refractivity contribution in [3.63, 3.8) is 0 Å². The van der Waals surface area contributed by atoms with Crippen LogP contribution in [0.15, 0.2) is 27.3 Å². The van der Waals surface area contributed by atoms with Gasteiger partial charge in [0.2, 0.25) is 5.82 Å². The lowest BCUT2D eigenvalue weighted by Gasteiger charge is -2.09. The first-order chi connectivity index (χ1) is 8.41. The molecule has 1 N–H and O–H groups in total. The van der Waals surface area contributed by atoms with Crippen molar-refractivity contribution in [2.45, 2.75) is 6.18 Å². The zero-order chi connectivity index (χ0) is 13.3. The average molecular weight is 322 g/mol. The van der Waals surface area contributed by atoms with Gasteiger partial charge in [0.15, 0.2) is 5.76 Å². The van der Waals surface area contributed by atoms with E-state index in [1.54, 1.807) is 6.07 Å². The fraction of sp³-hybridized carbons (Fsp3) is 0.200. The summed E-state index contributed by atoms with van der Waals surface area (Å²) < 4.78 is 43.5. The Morgan fingerprint density at radius 3 is 2.56 bits per heavy atom. The summed E-state index contributed by atoms with van der Waals surface area (Å²) in [7, 11) is 1.48. The van der Waals surface area contributed by atoms with Crippen LogP contribution in [0.1, 0.15) is 5.82 Å². The average Bonchev–Trinajstić information content (AvgIpc) is 2.73. The second kappa shape index (κ2) is 4.60. The van der Waals surface area contributed by atoms with Crippen LogP contribution in [0.5, 0.6) is 0 Å². The number of furan rings is 1. The first kappa shape index (κ1) is 12.9. The molecule has 0 atom stereocenters. The van der Waals surface area contributed by atoms with Crippen LogP contribution in [-0.2, 0) is 6.18 Å². The molecule has 2 rings (SSSR count). The summed E-state index contributed by atoms with van der Waals surface area (Å²) >= 11 is 3.17. The molecule has 0 fully saturated rings. The highest BCUT2D eigenvalue weighted by molar-refractivity contribution is 9.10. The molecule has 0 aromatic carbocycles. The zero-order valence-corrected chi connectivity index (χ0v) is 10.6. The molecule has 0 radical (unpaired) electrons. The van der Waals surface area contributed by atoms with Gasteiger partial charge >= 0.3 is 6.18 Å². The predicted molar refractivity (Wildman–Crippen MR) is 62.0 cm³/mol. The van der Waals surface area contributed by atoms with Crippen LogP contribution in [0.3, 0.4) is 0 Å². The van der Waals surface area contributed by atoms with E-state index in [0.29, 0.717) is 4.47 Å². The van der Waals surface area contributed by atoms with Crippen molar-refractivity contribution in [3.8, 4) is 11.5 Å². The molecule has 0 unspecified atom stereocenters. The van der Waals surface area contributed by atoms with E-state index in [2.05, 4.69) is 31.2 Å². The first-order valence-corrected chi connectivity index (χ1v) is 5.58. The minimum Gasteiger partial charge on any atom is -0.461 e. The summed E-state index contributed by atoms with van der Waals surface area (Å²) in [5, 5.41) is 2.55. The van der Waals surface area contributed by atoms with E-state index in [4.69, 9.17) is 4.42 Å². The van der Waals surface area contributed by atoms with Crippen LogP contribution < -0.4 is 5.32 Å². The SMILES string of the molecule is CNc1cc(-c2occc2Br)nc(C(F)(F)F)n1. The number of halogens is 4. The number of anilines is 1. The van der Waals surface area contributed by atoms with Crippen molar-refractivity contribution in [2.75, 3.05) is 12.4 Å². The molecule has 2 aromatic heterocycles. The van der Waals surface area contributed by atoms with Gasteiger partial charge in [0.1, 0.15) is 11.5 Å². The van der Waals surface area contributed by atoms with Crippen molar-refractivity contribution < 1.29 is 17.6 Å². The van der Waals surface area contributed by atoms with E-state index in [-0.39, 0.29) is 17.3 Å². The highest BCUT2D eigenvalue weighted by Crippen LogP contribution is 2.32. The van der Waals surface area contributed by atoms with Crippen molar-refractivity contribution >= 4 is 21.7 Å². The Bertz CT molecular complexity index is 568. The van der Waals surface area contributed by atoms with E-state index in [1.807, 2.05) is 0 Å². The van der Waals surface area contributed by atoms with Gasteiger partial charge in [0, 0.05) is 13.1 Å². The summed E-state index contributed by atoms with van der Waals surface area (Å²) in [5.74, 6) is -0.928. The molecule has 96 valence electrons. The fourth-order valence-electron chi connectivity index (χ4n) is 1.29. The number of hydrogen-bond donors (Lipinski definition) is 1. The molecule has 0 amide bonds. The van der Waals surface area contributed by atoms with E-state index >= 15 is 0 Å². The molecule has 2 heterocycles. The number of hydrogen-bond acceptors (Lipinski definition) is 4. The molecular weight excluding hydrogens is 315 g/mol. The van der Waals surface area contributed by atoms with Crippen molar-refractivity contribution in [1.29, 1.82) is 0 Å². The number of aromatic nitrogens is 2. The molecule has 0 aliphatic heterocycles. The van der Waals surface area contributed by atoms with Gasteiger partial charge in [0.05, 0.1) is 10.7 Å². The summed E-state index contributed by atoms with van der Waals surface area (Å²) in [6.45, 7) is 0. The lowest BCUT2D eigenvalue weighted by atomic mass is 10.3. The van der Waals surface area contributed by atoms with E-state index in [0.717, 1.165) is 0 Å². The molecule has 8 heteroatoms. The fourth-order valence-corrected chi connectivity index (χ4v) is 1.70. The van der Waals surface area contributed by atoms with Crippen LogP contribution in [0.2, 0.25) is 0 Å². The Morgan fingerprint density at radius 1 is 1.33 bits per heavy atom. The number of rotatable bonds is 2. The number of nitrogens with one attached hydrogen (secondary N) is 1. The number of alkyl halides is 3. The first-order valence-electron chi connectivity index (χ1n) is 4.79. The summed E-state index contributed by atoms with van der Waals surface area (Å²) in [6, 6.07) is 2.95. The molecule has 0 saturated heterocycles. The van der Waals surface area contributed by atoms with Crippen LogP contribution in [0.4, 0.5) is 19.0 Å². The molecule has 0 aliphatic rings. The standard InChI is InChI=1S/C10H7BrF3N3O/c1-15-7-4-6(8-5(11)2-3-18-8)16-9(17-7)10(12,13)14/h2-4H,1H3,(H,15,16,17). The summed E-state index contributed by atoms with van der Waals surface area (Å²) in [6.07, 6.45) is -3.26. The highest BCUT2D eigenvalue weighted by Gasteiger charge is 2.35. The van der Waals surface area contributed by atoms with Crippen molar-refractivity contribution in [3.05, 3.63) is 28.7 Å². The largest absolute Gasteiger partial charge is 0.461 e. The van der Waals surface area contributed by atoms with Crippen LogP contribution in [0.25, 0.3) is 11.5 Å². The Morgan fingerprint density at radius 2 is 2.06 bits per heavy atom. The molecule has 0 bridgehead atoms. The predicted octanol–water partition coefficient (Wildman–Crippen LogP) is 3.56. The second-order valence-electron chi connectivity index (χ2n) is 3.31. The van der Waals surface area contributed by atoms with Gasteiger partial charge in [-0.15, -0.1) is 0 Å². The maximum atomic E-state index is 12.6. The Kier molecular flexibility index (Phi) is 3.29. The lowest BCUT2D eigenvalue weighted by Crippen LogP contribution is -2.13. The van der Waals surface area contributed by atoms with Gasteiger partial charge in [-0.25, -0.2) is 9.97 Å². The van der Waals surface area contributed by atoms with Crippen LogP contribution >= 0.6 is 15.9 Å². The van der Waals surface area contributed by atoms with Crippen LogP contribution in [-0.4, -0.2) is 17.0 Å². The normalized spacial score (nSPS) is 11.6. The Balaban J connectivity index is 2.58. The van der Waals surface area contributed by atoms with Gasteiger partial charge in [-0.05, 0) is 22.0 Å². The lowest BCUT2D eigenvalue weighted by molar-refractivity contribution is -0.144. The summed E-state index contributed by atoms with van der Waals surface area (Å²) in [4.78, 5) is 6.81. The third-order valence-corrected chi connectivity index (χ3v) is 2.71. The topological polar surface area (TPSA) is 51.0 Å². The van der Waals surface area contributed by atoms with E-state index < -0.39 is 12.0 Å². The molecule has 0 aliphatic carbocycles. The van der Waals surface area contributed by atoms with Crippen molar-refractivity contribution in [2.24, 2.45) is 0 Å². The third kappa shape index (κ3) is 2.47. The zero-order valence-electron chi connectivity index (χ0n) is 9.05. The van der Waals surface area contributed by atoms with Gasteiger partial charge < -0.3 is 9.73 Å². The molecule has 0 saturated carbocycles. The smallest absolute Gasteiger partial charge is 0.451 e. The molecule has 0 spiro atoms. The third-order valence-electron chi connectivity index (χ3n) is 2.09. The molecule has 2 aromatic rings. The van der Waals surface area contributed by atoms with Gasteiger partial charge in [-0.1, -0.05) is 0 Å². The van der Waals surface area contributed by atoms with E-state index in [1.165, 1.54) is 19.4 Å². The molecular formula is C10H7BrF3N3O. The summed E-state index contributed by atoms with van der Waals surface area (Å²) in [5.41, 5.74) is 0.0542. The van der Waals surface area contributed by atoms with E-state index in [9.17, 15) is 13.2 Å². The maximum Gasteiger partial charge on any atom is 0.451 e. The Labute approximate surface area is 108 Å². The second-order valence-corrected chi connectivity index (χ2v) is 4.16. The van der Waals surface area contributed by atoms with Crippen LogP contribution in [0, 0.1) is 0 Å². The quantitative estimate of drug-likeness (QED) is 0.918. The van der Waals surface area contributed by atoms with Gasteiger partial charge in [0.25, 0.3) is 0 Å². The monoisotopic (exact) mass is 321 g/mol. The minimum absolute atomic E-state index is 0.0542. The molecule has 4 nitrogen and oxygen atoms in total. The maximum absolute atomic E-state index is 12.6.